The van der Waals surface area contributed by atoms with Crippen molar-refractivity contribution in [2.75, 3.05) is 18.5 Å². The molecule has 1 atom stereocenters. The maximum absolute atomic E-state index is 6.07. The van der Waals surface area contributed by atoms with Gasteiger partial charge in [0.05, 0.1) is 11.4 Å². The predicted octanol–water partition coefficient (Wildman–Crippen LogP) is -0.282. The van der Waals surface area contributed by atoms with Gasteiger partial charge in [-0.15, -0.1) is 18.3 Å². The van der Waals surface area contributed by atoms with E-state index in [1.54, 1.807) is 12.2 Å². The fourth-order valence-electron chi connectivity index (χ4n) is 1.93. The molecule has 0 bridgehead atoms. The first-order valence-electron chi connectivity index (χ1n) is 7.34. The van der Waals surface area contributed by atoms with Gasteiger partial charge in [-0.3, -0.25) is 11.2 Å². The van der Waals surface area contributed by atoms with Gasteiger partial charge in [-0.2, -0.15) is 10.1 Å². The summed E-state index contributed by atoms with van der Waals surface area (Å²) in [6.07, 6.45) is 2.69. The Morgan fingerprint density at radius 3 is 2.42 bits per heavy atom. The molecule has 128 valence electrons. The second-order valence-corrected chi connectivity index (χ2v) is 5.08. The molecule has 10 heteroatoms. The van der Waals surface area contributed by atoms with Crippen LogP contribution in [0.15, 0.2) is 35.3 Å². The van der Waals surface area contributed by atoms with Crippen molar-refractivity contribution >= 4 is 17.9 Å². The highest BCUT2D eigenvalue weighted by atomic mass is 15.7. The molecule has 2 rings (SSSR count). The van der Waals surface area contributed by atoms with Crippen LogP contribution in [-0.4, -0.2) is 56.4 Å². The van der Waals surface area contributed by atoms with E-state index in [-0.39, 0.29) is 11.9 Å². The number of nitrogens with two attached hydrogens (primary N) is 2. The largest absolute Gasteiger partial charge is 0.368 e. The van der Waals surface area contributed by atoms with Gasteiger partial charge in [-0.25, -0.2) is 15.0 Å². The zero-order valence-electron chi connectivity index (χ0n) is 13.8. The van der Waals surface area contributed by atoms with Crippen LogP contribution in [0.5, 0.6) is 0 Å². The van der Waals surface area contributed by atoms with Crippen LogP contribution in [0, 0.1) is 13.8 Å². The number of hydrogen-bond acceptors (Lipinski definition) is 10. The van der Waals surface area contributed by atoms with Gasteiger partial charge in [0, 0.05) is 13.1 Å². The number of nitrogens with zero attached hydrogens (tertiary/aromatic N) is 7. The van der Waals surface area contributed by atoms with Crippen molar-refractivity contribution in [3.8, 4) is 0 Å². The van der Waals surface area contributed by atoms with Gasteiger partial charge in [0.25, 0.3) is 5.95 Å². The minimum Gasteiger partial charge on any atom is -0.368 e. The highest BCUT2D eigenvalue weighted by Gasteiger charge is 2.25. The van der Waals surface area contributed by atoms with Gasteiger partial charge in [0.15, 0.2) is 6.29 Å². The number of rotatable bonds is 6. The summed E-state index contributed by atoms with van der Waals surface area (Å²) in [5.41, 5.74) is 16.4. The Morgan fingerprint density at radius 2 is 1.88 bits per heavy atom. The summed E-state index contributed by atoms with van der Waals surface area (Å²) >= 11 is 0. The SMILES string of the molecule is C=CCN(CC=C)C1=NC(N)N(Nc2nnc(C)c(C)n2)C(N)=N1. The van der Waals surface area contributed by atoms with E-state index in [1.165, 1.54) is 5.01 Å². The molecular formula is C14H22N10. The molecule has 0 saturated heterocycles. The minimum absolute atomic E-state index is 0.146. The van der Waals surface area contributed by atoms with Crippen molar-refractivity contribution in [2.24, 2.45) is 21.5 Å². The Hall–Kier alpha value is -3.01. The van der Waals surface area contributed by atoms with E-state index >= 15 is 0 Å². The molecule has 2 heterocycles. The Balaban J connectivity index is 2.18. The molecule has 1 aliphatic heterocycles. The number of aryl methyl sites for hydroxylation is 2. The van der Waals surface area contributed by atoms with Crippen molar-refractivity contribution in [3.63, 3.8) is 0 Å². The Morgan fingerprint density at radius 1 is 1.21 bits per heavy atom. The monoisotopic (exact) mass is 330 g/mol. The highest BCUT2D eigenvalue weighted by Crippen LogP contribution is 2.09. The van der Waals surface area contributed by atoms with E-state index in [4.69, 9.17) is 11.5 Å². The lowest BCUT2D eigenvalue weighted by molar-refractivity contribution is 0.356. The van der Waals surface area contributed by atoms with E-state index in [9.17, 15) is 0 Å². The van der Waals surface area contributed by atoms with Gasteiger partial charge in [0.1, 0.15) is 0 Å². The molecule has 5 N–H and O–H groups in total. The van der Waals surface area contributed by atoms with Crippen molar-refractivity contribution in [1.82, 2.24) is 25.1 Å². The number of anilines is 1. The van der Waals surface area contributed by atoms with Crippen LogP contribution >= 0.6 is 0 Å². The normalized spacial score (nSPS) is 17.0. The summed E-state index contributed by atoms with van der Waals surface area (Å²) in [5, 5.41) is 9.32. The summed E-state index contributed by atoms with van der Waals surface area (Å²) < 4.78 is 0. The quantitative estimate of drug-likeness (QED) is 0.606. The number of nitrogens with one attached hydrogen (secondary N) is 1. The smallest absolute Gasteiger partial charge is 0.262 e. The van der Waals surface area contributed by atoms with Gasteiger partial charge in [0.2, 0.25) is 11.9 Å². The third kappa shape index (κ3) is 3.84. The lowest BCUT2D eigenvalue weighted by Crippen LogP contribution is -2.55. The lowest BCUT2D eigenvalue weighted by atomic mass is 10.4. The summed E-state index contributed by atoms with van der Waals surface area (Å²) in [4.78, 5) is 14.7. The van der Waals surface area contributed by atoms with Crippen molar-refractivity contribution in [1.29, 1.82) is 0 Å². The number of aromatic nitrogens is 3. The molecule has 0 spiro atoms. The van der Waals surface area contributed by atoms with Gasteiger partial charge in [-0.05, 0) is 13.8 Å². The average molecular weight is 330 g/mol. The molecule has 10 nitrogen and oxygen atoms in total. The van der Waals surface area contributed by atoms with Crippen molar-refractivity contribution < 1.29 is 0 Å². The first kappa shape index (κ1) is 17.3. The van der Waals surface area contributed by atoms with Crippen LogP contribution in [0.25, 0.3) is 0 Å². The maximum Gasteiger partial charge on any atom is 0.262 e. The molecule has 0 aromatic carbocycles. The molecule has 1 aromatic heterocycles. The van der Waals surface area contributed by atoms with Crippen LogP contribution < -0.4 is 16.9 Å². The van der Waals surface area contributed by atoms with Crippen LogP contribution in [-0.2, 0) is 0 Å². The first-order valence-corrected chi connectivity index (χ1v) is 7.34. The average Bonchev–Trinajstić information content (AvgIpc) is 2.54. The zero-order chi connectivity index (χ0) is 17.7. The third-order valence-corrected chi connectivity index (χ3v) is 3.27. The summed E-state index contributed by atoms with van der Waals surface area (Å²) in [7, 11) is 0. The third-order valence-electron chi connectivity index (χ3n) is 3.27. The van der Waals surface area contributed by atoms with E-state index in [2.05, 4.69) is 43.7 Å². The molecule has 0 saturated carbocycles. The fourth-order valence-corrected chi connectivity index (χ4v) is 1.93. The van der Waals surface area contributed by atoms with Gasteiger partial charge >= 0.3 is 0 Å². The molecule has 0 fully saturated rings. The number of hydrogen-bond donors (Lipinski definition) is 3. The first-order chi connectivity index (χ1) is 11.5. The molecule has 1 aliphatic rings. The standard InChI is InChI=1S/C14H22N10/c1-5-7-23(8-6-2)14-18-11(15)24(12(16)19-14)22-13-17-9(3)10(4)20-21-13/h5-6,11H,1-2,7-8,15H2,3-4H3,(H2,16,18,19)(H,17,21,22). The van der Waals surface area contributed by atoms with Crippen LogP contribution in [0.4, 0.5) is 5.95 Å². The predicted molar refractivity (Wildman–Crippen MR) is 93.8 cm³/mol. The van der Waals surface area contributed by atoms with E-state index in [0.717, 1.165) is 11.4 Å². The van der Waals surface area contributed by atoms with E-state index < -0.39 is 6.29 Å². The molecule has 0 aliphatic carbocycles. The van der Waals surface area contributed by atoms with E-state index in [0.29, 0.717) is 19.0 Å². The zero-order valence-corrected chi connectivity index (χ0v) is 13.8. The summed E-state index contributed by atoms with van der Waals surface area (Å²) in [6.45, 7) is 12.2. The molecule has 0 radical (unpaired) electrons. The van der Waals surface area contributed by atoms with Crippen LogP contribution in [0.1, 0.15) is 11.4 Å². The molecular weight excluding hydrogens is 308 g/mol. The number of hydrazine groups is 1. The number of aliphatic imine (C=N–C) groups is 2. The molecule has 1 aromatic rings. The van der Waals surface area contributed by atoms with Gasteiger partial charge in [-0.1, -0.05) is 12.2 Å². The Labute approximate surface area is 140 Å². The fraction of sp³-hybridized carbons (Fsp3) is 0.357. The second kappa shape index (κ2) is 7.51. The van der Waals surface area contributed by atoms with Crippen LogP contribution in [0.3, 0.4) is 0 Å². The summed E-state index contributed by atoms with van der Waals surface area (Å²) in [5.74, 6) is 0.823. The Kier molecular flexibility index (Phi) is 5.42. The molecule has 24 heavy (non-hydrogen) atoms. The highest BCUT2D eigenvalue weighted by molar-refractivity contribution is 5.96. The van der Waals surface area contributed by atoms with Gasteiger partial charge < -0.3 is 10.6 Å². The minimum atomic E-state index is -0.792. The van der Waals surface area contributed by atoms with Crippen molar-refractivity contribution in [2.45, 2.75) is 20.1 Å². The van der Waals surface area contributed by atoms with E-state index in [1.807, 2.05) is 18.7 Å². The molecule has 0 amide bonds. The number of guanidine groups is 2. The maximum atomic E-state index is 6.07. The summed E-state index contributed by atoms with van der Waals surface area (Å²) in [6, 6.07) is 0. The van der Waals surface area contributed by atoms with Crippen LogP contribution in [0.2, 0.25) is 0 Å². The second-order valence-electron chi connectivity index (χ2n) is 5.08. The topological polar surface area (TPSA) is 134 Å². The lowest BCUT2D eigenvalue weighted by Gasteiger charge is -2.32. The Bertz CT molecular complexity index is 670. The molecule has 1 unspecified atom stereocenters. The van der Waals surface area contributed by atoms with Crippen molar-refractivity contribution in [3.05, 3.63) is 36.7 Å².